The third-order valence-electron chi connectivity index (χ3n) is 5.02. The van der Waals surface area contributed by atoms with E-state index in [0.717, 1.165) is 33.2 Å². The molecule has 3 heteroatoms. The molecular weight excluding hydrogens is 325 g/mol. The standard InChI is InChI=1S/C23H23FNO/c1-14-12-17(23(2,3)4)21-16-10-9-15(24)13-19(16)26-22(21)20(14)18-8-6-7-11-25(18)5/h6-13H,1-5H3/q+1. The molecule has 0 unspecified atom stereocenters. The van der Waals surface area contributed by atoms with Crippen molar-refractivity contribution in [3.8, 4) is 11.3 Å². The van der Waals surface area contributed by atoms with Gasteiger partial charge in [-0.05, 0) is 41.7 Å². The van der Waals surface area contributed by atoms with Crippen molar-refractivity contribution in [3.63, 3.8) is 0 Å². The van der Waals surface area contributed by atoms with E-state index < -0.39 is 0 Å². The Kier molecular flexibility index (Phi) is 3.65. The molecule has 132 valence electrons. The highest BCUT2D eigenvalue weighted by Gasteiger charge is 2.27. The van der Waals surface area contributed by atoms with Crippen LogP contribution in [0.5, 0.6) is 0 Å². The van der Waals surface area contributed by atoms with E-state index in [1.54, 1.807) is 0 Å². The Morgan fingerprint density at radius 1 is 1.04 bits per heavy atom. The van der Waals surface area contributed by atoms with E-state index in [2.05, 4.69) is 44.4 Å². The lowest BCUT2D eigenvalue weighted by Gasteiger charge is -2.22. The van der Waals surface area contributed by atoms with Crippen LogP contribution in [0.25, 0.3) is 33.2 Å². The van der Waals surface area contributed by atoms with Crippen LogP contribution in [0.3, 0.4) is 0 Å². The second-order valence-electron chi connectivity index (χ2n) is 8.01. The molecule has 0 aliphatic rings. The lowest BCUT2D eigenvalue weighted by Crippen LogP contribution is -2.30. The minimum absolute atomic E-state index is 0.0500. The molecule has 2 nitrogen and oxygen atoms in total. The number of aryl methyl sites for hydroxylation is 2. The van der Waals surface area contributed by atoms with Crippen molar-refractivity contribution < 1.29 is 13.4 Å². The third-order valence-corrected chi connectivity index (χ3v) is 5.02. The smallest absolute Gasteiger partial charge is 0.216 e. The van der Waals surface area contributed by atoms with Crippen molar-refractivity contribution in [2.75, 3.05) is 0 Å². The van der Waals surface area contributed by atoms with Crippen LogP contribution < -0.4 is 4.57 Å². The number of nitrogens with zero attached hydrogens (tertiary/aromatic N) is 1. The van der Waals surface area contributed by atoms with Gasteiger partial charge in [0.1, 0.15) is 24.0 Å². The second kappa shape index (κ2) is 5.66. The maximum Gasteiger partial charge on any atom is 0.216 e. The zero-order chi connectivity index (χ0) is 18.6. The van der Waals surface area contributed by atoms with Crippen LogP contribution in [0.4, 0.5) is 4.39 Å². The first kappa shape index (κ1) is 16.8. The summed E-state index contributed by atoms with van der Waals surface area (Å²) in [6.45, 7) is 8.72. The molecular formula is C23H23FNO+. The molecule has 26 heavy (non-hydrogen) atoms. The van der Waals surface area contributed by atoms with E-state index in [-0.39, 0.29) is 11.2 Å². The molecule has 0 atom stereocenters. The van der Waals surface area contributed by atoms with Crippen LogP contribution >= 0.6 is 0 Å². The van der Waals surface area contributed by atoms with Gasteiger partial charge in [0, 0.05) is 29.0 Å². The fraction of sp³-hybridized carbons (Fsp3) is 0.261. The van der Waals surface area contributed by atoms with Crippen LogP contribution in [0.2, 0.25) is 0 Å². The molecule has 0 saturated carbocycles. The number of benzene rings is 2. The molecule has 4 aromatic rings. The van der Waals surface area contributed by atoms with Crippen LogP contribution in [-0.4, -0.2) is 0 Å². The van der Waals surface area contributed by atoms with E-state index in [4.69, 9.17) is 4.42 Å². The molecule has 0 spiro atoms. The van der Waals surface area contributed by atoms with Crippen molar-refractivity contribution in [2.24, 2.45) is 7.05 Å². The third kappa shape index (κ3) is 2.50. The molecule has 0 N–H and O–H groups in total. The van der Waals surface area contributed by atoms with Crippen molar-refractivity contribution >= 4 is 21.9 Å². The number of halogens is 1. The molecule has 2 heterocycles. The first-order chi connectivity index (χ1) is 12.3. The number of fused-ring (bicyclic) bond motifs is 3. The Balaban J connectivity index is 2.23. The summed E-state index contributed by atoms with van der Waals surface area (Å²) in [4.78, 5) is 0. The summed E-state index contributed by atoms with van der Waals surface area (Å²) in [6, 6.07) is 13.2. The molecule has 0 amide bonds. The summed E-state index contributed by atoms with van der Waals surface area (Å²) >= 11 is 0. The lowest BCUT2D eigenvalue weighted by atomic mass is 9.81. The van der Waals surface area contributed by atoms with Crippen LogP contribution in [0, 0.1) is 12.7 Å². The minimum Gasteiger partial charge on any atom is -0.455 e. The summed E-state index contributed by atoms with van der Waals surface area (Å²) in [5, 5.41) is 2.04. The van der Waals surface area contributed by atoms with E-state index in [0.29, 0.717) is 5.58 Å². The van der Waals surface area contributed by atoms with E-state index in [1.807, 2.05) is 31.4 Å². The summed E-state index contributed by atoms with van der Waals surface area (Å²) in [5.74, 6) is -0.280. The van der Waals surface area contributed by atoms with Gasteiger partial charge in [0.15, 0.2) is 6.20 Å². The number of furan rings is 1. The maximum atomic E-state index is 13.8. The highest BCUT2D eigenvalue weighted by Crippen LogP contribution is 2.42. The maximum absolute atomic E-state index is 13.8. The summed E-state index contributed by atoms with van der Waals surface area (Å²) in [6.07, 6.45) is 2.03. The number of pyridine rings is 1. The fourth-order valence-corrected chi connectivity index (χ4v) is 3.75. The molecule has 0 fully saturated rings. The average Bonchev–Trinajstić information content (AvgIpc) is 2.92. The Hall–Kier alpha value is -2.68. The highest BCUT2D eigenvalue weighted by atomic mass is 19.1. The molecule has 0 aliphatic heterocycles. The molecule has 0 bridgehead atoms. The quantitative estimate of drug-likeness (QED) is 0.396. The van der Waals surface area contributed by atoms with Gasteiger partial charge in [-0.25, -0.2) is 8.96 Å². The molecule has 2 aromatic carbocycles. The molecule has 2 aromatic heterocycles. The summed E-state index contributed by atoms with van der Waals surface area (Å²) in [5.41, 5.74) is 5.89. The number of hydrogen-bond acceptors (Lipinski definition) is 1. The topological polar surface area (TPSA) is 17.0 Å². The molecule has 4 rings (SSSR count). The van der Waals surface area contributed by atoms with Gasteiger partial charge in [-0.2, -0.15) is 0 Å². The van der Waals surface area contributed by atoms with Gasteiger partial charge >= 0.3 is 0 Å². The van der Waals surface area contributed by atoms with Crippen LogP contribution in [0.1, 0.15) is 31.9 Å². The monoisotopic (exact) mass is 348 g/mol. The average molecular weight is 348 g/mol. The number of rotatable bonds is 1. The first-order valence-electron chi connectivity index (χ1n) is 8.88. The summed E-state index contributed by atoms with van der Waals surface area (Å²) < 4.78 is 22.1. The number of hydrogen-bond donors (Lipinski definition) is 0. The predicted octanol–water partition coefficient (Wildman–Crippen LogP) is 5.82. The zero-order valence-electron chi connectivity index (χ0n) is 15.9. The van der Waals surface area contributed by atoms with E-state index in [1.165, 1.54) is 17.7 Å². The largest absolute Gasteiger partial charge is 0.455 e. The minimum atomic E-state index is -0.280. The van der Waals surface area contributed by atoms with Crippen LogP contribution in [0.15, 0.2) is 53.1 Å². The Labute approximate surface area is 152 Å². The Morgan fingerprint density at radius 2 is 1.81 bits per heavy atom. The molecule has 0 saturated heterocycles. The zero-order valence-corrected chi connectivity index (χ0v) is 15.9. The van der Waals surface area contributed by atoms with Crippen molar-refractivity contribution in [1.82, 2.24) is 0 Å². The van der Waals surface area contributed by atoms with Gasteiger partial charge in [-0.3, -0.25) is 0 Å². The number of aromatic nitrogens is 1. The van der Waals surface area contributed by atoms with Crippen molar-refractivity contribution in [2.45, 2.75) is 33.1 Å². The van der Waals surface area contributed by atoms with E-state index in [9.17, 15) is 4.39 Å². The van der Waals surface area contributed by atoms with Gasteiger partial charge in [0.25, 0.3) is 0 Å². The second-order valence-corrected chi connectivity index (χ2v) is 8.01. The van der Waals surface area contributed by atoms with Gasteiger partial charge in [-0.15, -0.1) is 0 Å². The Morgan fingerprint density at radius 3 is 2.50 bits per heavy atom. The van der Waals surface area contributed by atoms with Gasteiger partial charge < -0.3 is 4.42 Å². The van der Waals surface area contributed by atoms with E-state index >= 15 is 0 Å². The fourth-order valence-electron chi connectivity index (χ4n) is 3.75. The van der Waals surface area contributed by atoms with Gasteiger partial charge in [-0.1, -0.05) is 26.8 Å². The first-order valence-corrected chi connectivity index (χ1v) is 8.88. The Bertz CT molecular complexity index is 1150. The van der Waals surface area contributed by atoms with Crippen molar-refractivity contribution in [1.29, 1.82) is 0 Å². The summed E-state index contributed by atoms with van der Waals surface area (Å²) in [7, 11) is 2.03. The SMILES string of the molecule is Cc1cc(C(C)(C)C)c2c(oc3cc(F)ccc32)c1-c1cccc[n+]1C. The van der Waals surface area contributed by atoms with Crippen molar-refractivity contribution in [3.05, 3.63) is 65.6 Å². The lowest BCUT2D eigenvalue weighted by molar-refractivity contribution is -0.660. The molecule has 0 aliphatic carbocycles. The normalized spacial score (nSPS) is 12.2. The van der Waals surface area contributed by atoms with Gasteiger partial charge in [0.2, 0.25) is 5.69 Å². The van der Waals surface area contributed by atoms with Gasteiger partial charge in [0.05, 0.1) is 5.56 Å². The predicted molar refractivity (Wildman–Crippen MR) is 104 cm³/mol. The molecule has 0 radical (unpaired) electrons. The highest BCUT2D eigenvalue weighted by molar-refractivity contribution is 6.11. The van der Waals surface area contributed by atoms with Crippen LogP contribution in [-0.2, 0) is 12.5 Å².